The zero-order chi connectivity index (χ0) is 14.0. The number of imidazole rings is 1. The van der Waals surface area contributed by atoms with Crippen molar-refractivity contribution in [3.8, 4) is 0 Å². The first-order chi connectivity index (χ1) is 8.99. The Kier molecular flexibility index (Phi) is 4.04. The van der Waals surface area contributed by atoms with Crippen LogP contribution in [-0.2, 0) is 13.6 Å². The van der Waals surface area contributed by atoms with Crippen LogP contribution in [0.1, 0.15) is 21.7 Å². The van der Waals surface area contributed by atoms with Crippen LogP contribution in [0.4, 0.5) is 0 Å². The molecular formula is C14H16BrN3O. The minimum Gasteiger partial charge on any atom is -0.337 e. The van der Waals surface area contributed by atoms with Gasteiger partial charge in [-0.2, -0.15) is 0 Å². The van der Waals surface area contributed by atoms with Crippen molar-refractivity contribution >= 4 is 21.8 Å². The second-order valence-electron chi connectivity index (χ2n) is 4.60. The monoisotopic (exact) mass is 321 g/mol. The molecule has 0 radical (unpaired) electrons. The van der Waals surface area contributed by atoms with Gasteiger partial charge in [0.05, 0.1) is 12.1 Å². The van der Waals surface area contributed by atoms with Gasteiger partial charge in [-0.15, -0.1) is 0 Å². The fourth-order valence-corrected chi connectivity index (χ4v) is 2.49. The molecule has 5 heteroatoms. The summed E-state index contributed by atoms with van der Waals surface area (Å²) in [5.41, 5.74) is 1.79. The topological polar surface area (TPSA) is 38.1 Å². The van der Waals surface area contributed by atoms with Crippen molar-refractivity contribution < 1.29 is 4.79 Å². The molecule has 2 rings (SSSR count). The van der Waals surface area contributed by atoms with E-state index in [2.05, 4.69) is 20.9 Å². The van der Waals surface area contributed by atoms with Crippen LogP contribution in [0, 0.1) is 6.92 Å². The molecule has 0 aliphatic carbocycles. The first kappa shape index (κ1) is 13.8. The average molecular weight is 322 g/mol. The van der Waals surface area contributed by atoms with Crippen LogP contribution in [0.25, 0.3) is 0 Å². The van der Waals surface area contributed by atoms with Crippen LogP contribution in [-0.4, -0.2) is 27.4 Å². The van der Waals surface area contributed by atoms with E-state index in [0.29, 0.717) is 12.1 Å². The van der Waals surface area contributed by atoms with Crippen molar-refractivity contribution in [1.29, 1.82) is 0 Å². The van der Waals surface area contributed by atoms with Crippen molar-refractivity contribution in [2.75, 3.05) is 7.05 Å². The number of amides is 1. The summed E-state index contributed by atoms with van der Waals surface area (Å²) in [4.78, 5) is 18.3. The smallest absolute Gasteiger partial charge is 0.255 e. The summed E-state index contributed by atoms with van der Waals surface area (Å²) in [6.07, 6.45) is 3.60. The van der Waals surface area contributed by atoms with Crippen LogP contribution in [0.2, 0.25) is 0 Å². The molecule has 1 amide bonds. The molecule has 4 nitrogen and oxygen atoms in total. The highest BCUT2D eigenvalue weighted by Crippen LogP contribution is 2.20. The predicted octanol–water partition coefficient (Wildman–Crippen LogP) is 2.76. The van der Waals surface area contributed by atoms with E-state index in [1.165, 1.54) is 0 Å². The van der Waals surface area contributed by atoms with Gasteiger partial charge in [0.15, 0.2) is 0 Å². The molecule has 0 atom stereocenters. The quantitative estimate of drug-likeness (QED) is 0.871. The lowest BCUT2D eigenvalue weighted by Gasteiger charge is -2.18. The Bertz CT molecular complexity index is 606. The van der Waals surface area contributed by atoms with Crippen molar-refractivity contribution in [3.05, 3.63) is 52.0 Å². The van der Waals surface area contributed by atoms with Gasteiger partial charge in [-0.05, 0) is 40.5 Å². The molecule has 100 valence electrons. The Balaban J connectivity index is 2.17. The number of benzene rings is 1. The van der Waals surface area contributed by atoms with Crippen molar-refractivity contribution in [1.82, 2.24) is 14.5 Å². The van der Waals surface area contributed by atoms with E-state index in [9.17, 15) is 4.79 Å². The van der Waals surface area contributed by atoms with Gasteiger partial charge >= 0.3 is 0 Å². The molecule has 0 N–H and O–H groups in total. The Morgan fingerprint density at radius 1 is 1.47 bits per heavy atom. The number of hydrogen-bond acceptors (Lipinski definition) is 2. The SMILES string of the molecule is Cc1ccc(C(=O)N(C)Cc2nccn2C)c(Br)c1. The highest BCUT2D eigenvalue weighted by molar-refractivity contribution is 9.10. The van der Waals surface area contributed by atoms with E-state index >= 15 is 0 Å². The lowest BCUT2D eigenvalue weighted by molar-refractivity contribution is 0.0779. The third kappa shape index (κ3) is 3.04. The molecular weight excluding hydrogens is 306 g/mol. The van der Waals surface area contributed by atoms with Crippen LogP contribution >= 0.6 is 15.9 Å². The summed E-state index contributed by atoms with van der Waals surface area (Å²) in [5, 5.41) is 0. The molecule has 0 bridgehead atoms. The van der Waals surface area contributed by atoms with Crippen LogP contribution in [0.15, 0.2) is 35.1 Å². The summed E-state index contributed by atoms with van der Waals surface area (Å²) < 4.78 is 2.73. The lowest BCUT2D eigenvalue weighted by Crippen LogP contribution is -2.27. The molecule has 0 saturated carbocycles. The van der Waals surface area contributed by atoms with E-state index in [-0.39, 0.29) is 5.91 Å². The van der Waals surface area contributed by atoms with Gasteiger partial charge in [-0.1, -0.05) is 6.07 Å². The summed E-state index contributed by atoms with van der Waals surface area (Å²) >= 11 is 3.44. The number of nitrogens with zero attached hydrogens (tertiary/aromatic N) is 3. The van der Waals surface area contributed by atoms with Crippen LogP contribution < -0.4 is 0 Å². The van der Waals surface area contributed by atoms with Gasteiger partial charge in [-0.3, -0.25) is 4.79 Å². The third-order valence-corrected chi connectivity index (χ3v) is 3.66. The van der Waals surface area contributed by atoms with Gasteiger partial charge in [0.2, 0.25) is 0 Å². The molecule has 0 unspecified atom stereocenters. The molecule has 1 heterocycles. The van der Waals surface area contributed by atoms with Crippen LogP contribution in [0.5, 0.6) is 0 Å². The highest BCUT2D eigenvalue weighted by Gasteiger charge is 2.16. The Morgan fingerprint density at radius 2 is 2.21 bits per heavy atom. The van der Waals surface area contributed by atoms with E-state index in [1.54, 1.807) is 18.1 Å². The molecule has 1 aromatic heterocycles. The number of hydrogen-bond donors (Lipinski definition) is 0. The van der Waals surface area contributed by atoms with Gasteiger partial charge in [0.25, 0.3) is 5.91 Å². The summed E-state index contributed by atoms with van der Waals surface area (Å²) in [7, 11) is 3.70. The van der Waals surface area contributed by atoms with Crippen molar-refractivity contribution in [2.45, 2.75) is 13.5 Å². The van der Waals surface area contributed by atoms with Gasteiger partial charge in [0, 0.05) is 31.0 Å². The summed E-state index contributed by atoms with van der Waals surface area (Å²) in [5.74, 6) is 0.842. The molecule has 19 heavy (non-hydrogen) atoms. The molecule has 2 aromatic rings. The largest absolute Gasteiger partial charge is 0.337 e. The Hall–Kier alpha value is -1.62. The minimum atomic E-state index is -0.0186. The van der Waals surface area contributed by atoms with Gasteiger partial charge in [0.1, 0.15) is 5.82 Å². The number of carbonyl (C=O) groups excluding carboxylic acids is 1. The Labute approximate surface area is 121 Å². The van der Waals surface area contributed by atoms with E-state index < -0.39 is 0 Å². The number of carbonyl (C=O) groups is 1. The second kappa shape index (κ2) is 5.57. The maximum atomic E-state index is 12.4. The lowest BCUT2D eigenvalue weighted by atomic mass is 10.1. The fraction of sp³-hybridized carbons (Fsp3) is 0.286. The van der Waals surface area contributed by atoms with Gasteiger partial charge < -0.3 is 9.47 Å². The first-order valence-electron chi connectivity index (χ1n) is 5.97. The third-order valence-electron chi connectivity index (χ3n) is 3.00. The van der Waals surface area contributed by atoms with E-state index in [4.69, 9.17) is 0 Å². The summed E-state index contributed by atoms with van der Waals surface area (Å²) in [6, 6.07) is 5.73. The zero-order valence-electron chi connectivity index (χ0n) is 11.2. The average Bonchev–Trinajstić information content (AvgIpc) is 2.74. The van der Waals surface area contributed by atoms with Gasteiger partial charge in [-0.25, -0.2) is 4.98 Å². The zero-order valence-corrected chi connectivity index (χ0v) is 12.8. The van der Waals surface area contributed by atoms with Crippen molar-refractivity contribution in [2.24, 2.45) is 7.05 Å². The van der Waals surface area contributed by atoms with Crippen LogP contribution in [0.3, 0.4) is 0 Å². The molecule has 0 fully saturated rings. The number of rotatable bonds is 3. The fourth-order valence-electron chi connectivity index (χ4n) is 1.83. The predicted molar refractivity (Wildman–Crippen MR) is 77.9 cm³/mol. The Morgan fingerprint density at radius 3 is 2.79 bits per heavy atom. The van der Waals surface area contributed by atoms with E-state index in [0.717, 1.165) is 15.9 Å². The number of aryl methyl sites for hydroxylation is 2. The maximum absolute atomic E-state index is 12.4. The normalized spacial score (nSPS) is 10.5. The maximum Gasteiger partial charge on any atom is 0.255 e. The number of aromatic nitrogens is 2. The molecule has 0 spiro atoms. The molecule has 1 aromatic carbocycles. The summed E-state index contributed by atoms with van der Waals surface area (Å²) in [6.45, 7) is 2.49. The minimum absolute atomic E-state index is 0.0186. The molecule has 0 aliphatic rings. The highest BCUT2D eigenvalue weighted by atomic mass is 79.9. The molecule has 0 aliphatic heterocycles. The standard InChI is InChI=1S/C14H16BrN3O/c1-10-4-5-11(12(15)8-10)14(19)18(3)9-13-16-6-7-17(13)2/h4-8H,9H2,1-3H3. The number of halogens is 1. The van der Waals surface area contributed by atoms with Crippen molar-refractivity contribution in [3.63, 3.8) is 0 Å². The first-order valence-corrected chi connectivity index (χ1v) is 6.76. The van der Waals surface area contributed by atoms with E-state index in [1.807, 2.05) is 42.9 Å². The second-order valence-corrected chi connectivity index (χ2v) is 5.45. The molecule has 0 saturated heterocycles.